The van der Waals surface area contributed by atoms with Crippen LogP contribution < -0.4 is 0 Å². The van der Waals surface area contributed by atoms with E-state index in [1.165, 1.54) is 36.0 Å². The lowest BCUT2D eigenvalue weighted by Crippen LogP contribution is -2.12. The van der Waals surface area contributed by atoms with Gasteiger partial charge in [-0.1, -0.05) is 17.7 Å². The van der Waals surface area contributed by atoms with E-state index in [0.717, 1.165) is 4.90 Å². The van der Waals surface area contributed by atoms with Crippen molar-refractivity contribution in [1.82, 2.24) is 0 Å². The van der Waals surface area contributed by atoms with E-state index in [9.17, 15) is 19.3 Å². The molecule has 1 heterocycles. The molecule has 0 amide bonds. The van der Waals surface area contributed by atoms with Gasteiger partial charge in [0.25, 0.3) is 5.69 Å². The summed E-state index contributed by atoms with van der Waals surface area (Å²) in [4.78, 5) is 23.5. The number of Topliss-reactive ketones (excluding diaryl/α,β-unsaturated/α-hetero) is 1. The van der Waals surface area contributed by atoms with Crippen molar-refractivity contribution in [2.24, 2.45) is 0 Å². The molecule has 2 aromatic rings. The average Bonchev–Trinajstić information content (AvgIpc) is 2.52. The minimum atomic E-state index is -0.577. The number of carbonyl (C=O) groups is 1. The van der Waals surface area contributed by atoms with Gasteiger partial charge in [-0.05, 0) is 35.9 Å². The first kappa shape index (κ1) is 15.7. The Kier molecular flexibility index (Phi) is 4.19. The molecule has 0 atom stereocenters. The summed E-state index contributed by atoms with van der Waals surface area (Å²) in [6, 6.07) is 8.44. The number of nitrogens with zero attached hydrogens (tertiary/aromatic N) is 1. The van der Waals surface area contributed by atoms with E-state index >= 15 is 0 Å². The minimum Gasteiger partial charge on any atom is -0.289 e. The zero-order valence-corrected chi connectivity index (χ0v) is 13.2. The van der Waals surface area contributed by atoms with Gasteiger partial charge in [0.1, 0.15) is 10.8 Å². The highest BCUT2D eigenvalue weighted by Crippen LogP contribution is 2.34. The van der Waals surface area contributed by atoms with Crippen molar-refractivity contribution in [2.45, 2.75) is 4.90 Å². The normalized spacial score (nSPS) is 15.6. The number of nitro groups is 1. The molecule has 7 heteroatoms. The maximum absolute atomic E-state index is 13.3. The molecule has 0 saturated carbocycles. The van der Waals surface area contributed by atoms with Gasteiger partial charge < -0.3 is 0 Å². The molecule has 0 radical (unpaired) electrons. The summed E-state index contributed by atoms with van der Waals surface area (Å²) in [6.07, 6.45) is 1.58. The predicted molar refractivity (Wildman–Crippen MR) is 87.5 cm³/mol. The molecule has 0 N–H and O–H groups in total. The van der Waals surface area contributed by atoms with E-state index in [1.54, 1.807) is 18.2 Å². The summed E-state index contributed by atoms with van der Waals surface area (Å²) < 4.78 is 13.3. The maximum atomic E-state index is 13.3. The standard InChI is InChI=1S/C16H9ClFNO3S/c17-13-3-1-9(6-14(13)19(21)22)5-10-8-23-15-4-2-11(18)7-12(15)16(10)20/h1-7H,8H2/b10-5+. The highest BCUT2D eigenvalue weighted by atomic mass is 35.5. The Morgan fingerprint density at radius 1 is 1.26 bits per heavy atom. The third-order valence-corrected chi connectivity index (χ3v) is 4.81. The number of nitro benzene ring substituents is 1. The minimum absolute atomic E-state index is 0.0360. The summed E-state index contributed by atoms with van der Waals surface area (Å²) in [5.41, 5.74) is 1.06. The van der Waals surface area contributed by atoms with Crippen LogP contribution in [0.15, 0.2) is 46.9 Å². The van der Waals surface area contributed by atoms with E-state index in [4.69, 9.17) is 11.6 Å². The highest BCUT2D eigenvalue weighted by molar-refractivity contribution is 7.99. The predicted octanol–water partition coefficient (Wildman–Crippen LogP) is 4.76. The first-order chi connectivity index (χ1) is 11.0. The molecule has 1 aliphatic heterocycles. The van der Waals surface area contributed by atoms with E-state index in [2.05, 4.69) is 0 Å². The summed E-state index contributed by atoms with van der Waals surface area (Å²) >= 11 is 7.20. The van der Waals surface area contributed by atoms with Crippen LogP contribution in [-0.2, 0) is 0 Å². The van der Waals surface area contributed by atoms with Crippen molar-refractivity contribution < 1.29 is 14.1 Å². The van der Waals surface area contributed by atoms with E-state index < -0.39 is 10.7 Å². The number of carbonyl (C=O) groups excluding carboxylic acids is 1. The number of hydrogen-bond acceptors (Lipinski definition) is 4. The maximum Gasteiger partial charge on any atom is 0.288 e. The van der Waals surface area contributed by atoms with Crippen LogP contribution in [0.4, 0.5) is 10.1 Å². The van der Waals surface area contributed by atoms with Crippen LogP contribution in [-0.4, -0.2) is 16.5 Å². The number of ketones is 1. The Labute approximate surface area is 140 Å². The van der Waals surface area contributed by atoms with E-state index in [1.807, 2.05) is 0 Å². The lowest BCUT2D eigenvalue weighted by Gasteiger charge is -2.16. The van der Waals surface area contributed by atoms with Gasteiger partial charge in [-0.2, -0.15) is 0 Å². The number of rotatable bonds is 2. The molecular weight excluding hydrogens is 341 g/mol. The first-order valence-corrected chi connectivity index (χ1v) is 7.93. The topological polar surface area (TPSA) is 60.2 Å². The molecule has 4 nitrogen and oxygen atoms in total. The van der Waals surface area contributed by atoms with Crippen molar-refractivity contribution in [2.75, 3.05) is 5.75 Å². The van der Waals surface area contributed by atoms with Crippen LogP contribution in [0, 0.1) is 15.9 Å². The van der Waals surface area contributed by atoms with Crippen molar-refractivity contribution in [3.8, 4) is 0 Å². The molecule has 3 rings (SSSR count). The summed E-state index contributed by atoms with van der Waals surface area (Å²) in [5.74, 6) is -0.314. The van der Waals surface area contributed by atoms with Crippen LogP contribution in [0.2, 0.25) is 5.02 Å². The molecule has 1 aliphatic rings. The quantitative estimate of drug-likeness (QED) is 0.445. The molecular formula is C16H9ClFNO3S. The van der Waals surface area contributed by atoms with Crippen LogP contribution in [0.5, 0.6) is 0 Å². The Hall–Kier alpha value is -2.18. The number of thioether (sulfide) groups is 1. The van der Waals surface area contributed by atoms with E-state index in [-0.39, 0.29) is 16.5 Å². The third-order valence-electron chi connectivity index (χ3n) is 3.37. The molecule has 116 valence electrons. The average molecular weight is 350 g/mol. The summed E-state index contributed by atoms with van der Waals surface area (Å²) in [5, 5.41) is 11.0. The third kappa shape index (κ3) is 3.13. The molecule has 0 aromatic heterocycles. The zero-order chi connectivity index (χ0) is 16.6. The number of hydrogen-bond donors (Lipinski definition) is 0. The molecule has 2 aromatic carbocycles. The molecule has 0 spiro atoms. The molecule has 23 heavy (non-hydrogen) atoms. The zero-order valence-electron chi connectivity index (χ0n) is 11.6. The van der Waals surface area contributed by atoms with Gasteiger partial charge in [-0.15, -0.1) is 11.8 Å². The van der Waals surface area contributed by atoms with Gasteiger partial charge in [0.05, 0.1) is 4.92 Å². The lowest BCUT2D eigenvalue weighted by atomic mass is 10.0. The highest BCUT2D eigenvalue weighted by Gasteiger charge is 2.23. The Morgan fingerprint density at radius 2 is 2.04 bits per heavy atom. The second kappa shape index (κ2) is 6.14. The number of fused-ring (bicyclic) bond motifs is 1. The fourth-order valence-corrected chi connectivity index (χ4v) is 3.45. The van der Waals surface area contributed by atoms with Gasteiger partial charge in [-0.3, -0.25) is 14.9 Å². The fraction of sp³-hybridized carbons (Fsp3) is 0.0625. The van der Waals surface area contributed by atoms with E-state index in [0.29, 0.717) is 22.5 Å². The smallest absolute Gasteiger partial charge is 0.288 e. The van der Waals surface area contributed by atoms with Crippen LogP contribution in [0.3, 0.4) is 0 Å². The molecule has 0 bridgehead atoms. The monoisotopic (exact) mass is 349 g/mol. The van der Waals surface area contributed by atoms with Gasteiger partial charge in [0, 0.05) is 27.9 Å². The van der Waals surface area contributed by atoms with Gasteiger partial charge in [0.2, 0.25) is 0 Å². The lowest BCUT2D eigenvalue weighted by molar-refractivity contribution is -0.384. The largest absolute Gasteiger partial charge is 0.289 e. The summed E-state index contributed by atoms with van der Waals surface area (Å²) in [7, 11) is 0. The number of benzene rings is 2. The van der Waals surface area contributed by atoms with Gasteiger partial charge >= 0.3 is 0 Å². The first-order valence-electron chi connectivity index (χ1n) is 6.57. The van der Waals surface area contributed by atoms with Crippen LogP contribution >= 0.6 is 23.4 Å². The Balaban J connectivity index is 2.00. The van der Waals surface area contributed by atoms with Gasteiger partial charge in [-0.25, -0.2) is 4.39 Å². The number of halogens is 2. The summed E-state index contributed by atoms with van der Waals surface area (Å²) in [6.45, 7) is 0. The van der Waals surface area contributed by atoms with Crippen molar-refractivity contribution >= 4 is 40.9 Å². The van der Waals surface area contributed by atoms with Crippen LogP contribution in [0.1, 0.15) is 15.9 Å². The molecule has 0 fully saturated rings. The SMILES string of the molecule is O=C1/C(=C/c2ccc(Cl)c([N+](=O)[O-])c2)CSc2ccc(F)cc21. The second-order valence-electron chi connectivity index (χ2n) is 4.90. The Bertz CT molecular complexity index is 866. The fourth-order valence-electron chi connectivity index (χ4n) is 2.27. The van der Waals surface area contributed by atoms with Gasteiger partial charge in [0.15, 0.2) is 5.78 Å². The van der Waals surface area contributed by atoms with Crippen molar-refractivity contribution in [3.63, 3.8) is 0 Å². The molecule has 0 saturated heterocycles. The van der Waals surface area contributed by atoms with Crippen LogP contribution in [0.25, 0.3) is 6.08 Å². The van der Waals surface area contributed by atoms with Crippen molar-refractivity contribution in [3.05, 3.63) is 74.1 Å². The molecule has 0 unspecified atom stereocenters. The second-order valence-corrected chi connectivity index (χ2v) is 6.32. The van der Waals surface area contributed by atoms with Crippen molar-refractivity contribution in [1.29, 1.82) is 0 Å². The Morgan fingerprint density at radius 3 is 2.78 bits per heavy atom. The molecule has 0 aliphatic carbocycles.